The number of hydrogen-bond acceptors (Lipinski definition) is 16. The van der Waals surface area contributed by atoms with E-state index in [1.807, 2.05) is 0 Å². The Balaban J connectivity index is 1.72. The molecule has 3 fully saturated rings. The number of rotatable bonds is 8. The average molecular weight is 513 g/mol. The van der Waals surface area contributed by atoms with Crippen LogP contribution in [0.1, 0.15) is 0 Å². The van der Waals surface area contributed by atoms with Gasteiger partial charge in [-0.05, 0) is 0 Å². The molecule has 15 atom stereocenters. The van der Waals surface area contributed by atoms with Gasteiger partial charge in [0.05, 0.1) is 18.1 Å². The summed E-state index contributed by atoms with van der Waals surface area (Å²) < 4.78 is 34.0. The smallest absolute Gasteiger partial charge is 0.176 e. The van der Waals surface area contributed by atoms with Crippen LogP contribution in [-0.4, -0.2) is 139 Å². The fraction of sp³-hybridized carbons (Fsp3) is 1.00. The Bertz CT molecular complexity index is 666. The molecule has 0 spiro atoms. The summed E-state index contributed by atoms with van der Waals surface area (Å²) in [6.07, 6.45) is -13.6. The maximum atomic E-state index is 11.0. The summed E-state index contributed by atoms with van der Waals surface area (Å²) in [5, 5.41) is 41.9. The van der Waals surface area contributed by atoms with Crippen molar-refractivity contribution in [2.75, 3.05) is 26.7 Å². The van der Waals surface area contributed by atoms with E-state index in [0.29, 0.717) is 0 Å². The lowest BCUT2D eigenvalue weighted by molar-refractivity contribution is -0.342. The minimum absolute atomic E-state index is 0.0295. The summed E-state index contributed by atoms with van der Waals surface area (Å²) in [5.74, 6) is 0. The minimum Gasteiger partial charge on any atom is -0.388 e. The van der Waals surface area contributed by atoms with Gasteiger partial charge in [-0.1, -0.05) is 0 Å². The van der Waals surface area contributed by atoms with E-state index < -0.39 is 91.9 Å². The third-order valence-corrected chi connectivity index (χ3v) is 6.70. The lowest BCUT2D eigenvalue weighted by atomic mass is 9.94. The van der Waals surface area contributed by atoms with Crippen LogP contribution in [0.4, 0.5) is 0 Å². The largest absolute Gasteiger partial charge is 0.388 e. The van der Waals surface area contributed by atoms with Crippen LogP contribution in [0.5, 0.6) is 0 Å². The summed E-state index contributed by atoms with van der Waals surface area (Å²) in [4.78, 5) is 0. The molecule has 3 heterocycles. The zero-order valence-corrected chi connectivity index (χ0v) is 19.5. The van der Waals surface area contributed by atoms with Gasteiger partial charge >= 0.3 is 0 Å². The van der Waals surface area contributed by atoms with Crippen molar-refractivity contribution >= 4 is 0 Å². The zero-order valence-electron chi connectivity index (χ0n) is 19.5. The van der Waals surface area contributed by atoms with E-state index in [-0.39, 0.29) is 19.6 Å². The van der Waals surface area contributed by atoms with Gasteiger partial charge in [-0.3, -0.25) is 0 Å². The number of hydrogen-bond donors (Lipinski definition) is 10. The van der Waals surface area contributed by atoms with Crippen LogP contribution in [-0.2, 0) is 28.4 Å². The molecule has 0 aromatic rings. The highest BCUT2D eigenvalue weighted by atomic mass is 16.7. The van der Waals surface area contributed by atoms with Crippen LogP contribution in [0.3, 0.4) is 0 Å². The van der Waals surface area contributed by atoms with Crippen molar-refractivity contribution in [3.05, 3.63) is 0 Å². The van der Waals surface area contributed by atoms with Crippen LogP contribution >= 0.6 is 0 Å². The number of nitrogens with two attached hydrogens (primary N) is 6. The van der Waals surface area contributed by atoms with Crippen molar-refractivity contribution in [2.45, 2.75) is 91.9 Å². The van der Waals surface area contributed by atoms with Crippen LogP contribution in [0, 0.1) is 0 Å². The molecule has 0 radical (unpaired) electrons. The van der Waals surface area contributed by atoms with E-state index in [1.165, 1.54) is 7.11 Å². The van der Waals surface area contributed by atoms with Crippen molar-refractivity contribution in [2.24, 2.45) is 34.4 Å². The van der Waals surface area contributed by atoms with E-state index in [9.17, 15) is 20.4 Å². The van der Waals surface area contributed by atoms with Crippen molar-refractivity contribution in [3.63, 3.8) is 0 Å². The molecule has 0 bridgehead atoms. The van der Waals surface area contributed by atoms with Gasteiger partial charge < -0.3 is 83.2 Å². The van der Waals surface area contributed by atoms with Crippen LogP contribution in [0.2, 0.25) is 0 Å². The van der Waals surface area contributed by atoms with Crippen LogP contribution in [0.15, 0.2) is 0 Å². The summed E-state index contributed by atoms with van der Waals surface area (Å²) >= 11 is 0. The molecule has 35 heavy (non-hydrogen) atoms. The van der Waals surface area contributed by atoms with Gasteiger partial charge in [-0.25, -0.2) is 0 Å². The Labute approximate surface area is 202 Å². The molecule has 3 aliphatic rings. The van der Waals surface area contributed by atoms with Gasteiger partial charge in [0.25, 0.3) is 0 Å². The molecule has 0 amide bonds. The highest BCUT2D eigenvalue weighted by Gasteiger charge is 2.52. The Morgan fingerprint density at radius 3 is 1.37 bits per heavy atom. The second kappa shape index (κ2) is 12.3. The summed E-state index contributed by atoms with van der Waals surface area (Å²) in [7, 11) is 1.38. The molecular formula is C19H40N6O10. The summed E-state index contributed by atoms with van der Waals surface area (Å²) in [5.41, 5.74) is 35.4. The van der Waals surface area contributed by atoms with E-state index in [4.69, 9.17) is 62.8 Å². The molecule has 16 N–H and O–H groups in total. The summed E-state index contributed by atoms with van der Waals surface area (Å²) in [6, 6.07) is -3.27. The lowest BCUT2D eigenvalue weighted by Crippen LogP contribution is -2.70. The Morgan fingerprint density at radius 2 is 0.943 bits per heavy atom. The van der Waals surface area contributed by atoms with E-state index in [0.717, 1.165) is 0 Å². The summed E-state index contributed by atoms with van der Waals surface area (Å²) in [6.45, 7) is -0.264. The maximum absolute atomic E-state index is 11.0. The topological polar surface area (TPSA) is 292 Å². The second-order valence-electron chi connectivity index (χ2n) is 8.97. The fourth-order valence-corrected chi connectivity index (χ4v) is 4.51. The Morgan fingerprint density at radius 1 is 0.571 bits per heavy atom. The predicted molar refractivity (Wildman–Crippen MR) is 118 cm³/mol. The van der Waals surface area contributed by atoms with Crippen molar-refractivity contribution in [1.82, 2.24) is 0 Å². The highest BCUT2D eigenvalue weighted by Crippen LogP contribution is 2.31. The van der Waals surface area contributed by atoms with Crippen molar-refractivity contribution in [1.29, 1.82) is 0 Å². The molecule has 3 rings (SSSR count). The first-order chi connectivity index (χ1) is 16.6. The molecule has 6 unspecified atom stereocenters. The van der Waals surface area contributed by atoms with E-state index in [1.54, 1.807) is 0 Å². The molecule has 0 saturated carbocycles. The normalized spacial score (nSPS) is 51.3. The molecule has 3 aliphatic heterocycles. The van der Waals surface area contributed by atoms with Crippen LogP contribution < -0.4 is 34.4 Å². The Hall–Kier alpha value is -0.640. The van der Waals surface area contributed by atoms with E-state index >= 15 is 0 Å². The van der Waals surface area contributed by atoms with Gasteiger partial charge in [0.1, 0.15) is 54.9 Å². The molecule has 0 aromatic carbocycles. The number of ether oxygens (including phenoxy) is 6. The molecule has 3 saturated heterocycles. The third-order valence-electron chi connectivity index (χ3n) is 6.70. The van der Waals surface area contributed by atoms with Gasteiger partial charge in [0.15, 0.2) is 18.9 Å². The molecule has 206 valence electrons. The molecular weight excluding hydrogens is 472 g/mol. The molecule has 0 aliphatic carbocycles. The van der Waals surface area contributed by atoms with Crippen molar-refractivity contribution < 1.29 is 48.8 Å². The Kier molecular flexibility index (Phi) is 10.1. The van der Waals surface area contributed by atoms with Gasteiger partial charge in [0, 0.05) is 26.7 Å². The molecule has 16 heteroatoms. The number of aliphatic hydroxyl groups excluding tert-OH is 4. The monoisotopic (exact) mass is 512 g/mol. The first kappa shape index (κ1) is 28.9. The highest BCUT2D eigenvalue weighted by molar-refractivity contribution is 4.99. The number of methoxy groups -OCH3 is 1. The molecule has 0 aromatic heterocycles. The predicted octanol–water partition coefficient (Wildman–Crippen LogP) is -7.12. The van der Waals surface area contributed by atoms with Crippen molar-refractivity contribution in [3.8, 4) is 0 Å². The van der Waals surface area contributed by atoms with Gasteiger partial charge in [-0.2, -0.15) is 0 Å². The SMILES string of the molecule is CO[C@@H]1OC(CN)[C@H](O[C@@H]2OC(CN)[C@H](O[C@@H]3OC(CN)[C@H](O)C(O)[C@H]3N)C(O)[C@H]2N)C(O)[C@H]1N. The standard InChI is InChI=1S/C19H40N6O10/c1-30-17-9(24)13(28)15(6(3-21)32-17)35-19-10(25)14(29)16(7(4-22)33-19)34-18-8(23)12(27)11(26)5(2-20)31-18/h5-19,26-29H,2-4,20-25H2,1H3/t5?,6?,7?,8-,9-,10-,11+,12?,13?,14?,15+,16+,17-,18+,19+/m1/s1. The minimum atomic E-state index is -1.39. The van der Waals surface area contributed by atoms with E-state index in [2.05, 4.69) is 0 Å². The lowest BCUT2D eigenvalue weighted by Gasteiger charge is -2.49. The maximum Gasteiger partial charge on any atom is 0.176 e. The first-order valence-electron chi connectivity index (χ1n) is 11.5. The second-order valence-corrected chi connectivity index (χ2v) is 8.97. The fourth-order valence-electron chi connectivity index (χ4n) is 4.51. The first-order valence-corrected chi connectivity index (χ1v) is 11.5. The quantitative estimate of drug-likeness (QED) is 0.144. The average Bonchev–Trinajstić information content (AvgIpc) is 2.86. The van der Waals surface area contributed by atoms with Crippen LogP contribution in [0.25, 0.3) is 0 Å². The third kappa shape index (κ3) is 5.78. The number of aliphatic hydroxyl groups is 4. The molecule has 16 nitrogen and oxygen atoms in total. The zero-order chi connectivity index (χ0) is 26.0. The van der Waals surface area contributed by atoms with Gasteiger partial charge in [0.2, 0.25) is 0 Å². The van der Waals surface area contributed by atoms with Gasteiger partial charge in [-0.15, -0.1) is 0 Å².